The molecule has 1 heterocycles. The lowest BCUT2D eigenvalue weighted by Gasteiger charge is -2.17. The van der Waals surface area contributed by atoms with E-state index in [-0.39, 0.29) is 6.10 Å². The maximum Gasteiger partial charge on any atom is 0.0552 e. The van der Waals surface area contributed by atoms with Crippen LogP contribution in [0, 0.1) is 0 Å². The zero-order chi connectivity index (χ0) is 10.7. The average Bonchev–Trinajstić information content (AvgIpc) is 2.71. The predicted octanol–water partition coefficient (Wildman–Crippen LogP) is 2.21. The van der Waals surface area contributed by atoms with Crippen LogP contribution in [0.5, 0.6) is 0 Å². The summed E-state index contributed by atoms with van der Waals surface area (Å²) in [5.74, 6) is 0. The molecule has 1 unspecified atom stereocenters. The highest BCUT2D eigenvalue weighted by molar-refractivity contribution is 5.48. The van der Waals surface area contributed by atoms with Crippen molar-refractivity contribution in [2.75, 3.05) is 18.0 Å². The third-order valence-electron chi connectivity index (χ3n) is 2.94. The van der Waals surface area contributed by atoms with E-state index >= 15 is 0 Å². The SMILES string of the molecule is CC(O)Cc1ccc(N2CCCC2)cc1. The van der Waals surface area contributed by atoms with Crippen LogP contribution in [0.25, 0.3) is 0 Å². The minimum absolute atomic E-state index is 0.248. The Morgan fingerprint density at radius 1 is 1.20 bits per heavy atom. The molecule has 1 atom stereocenters. The summed E-state index contributed by atoms with van der Waals surface area (Å²) in [6.07, 6.45) is 3.13. The maximum atomic E-state index is 9.28. The van der Waals surface area contributed by atoms with Gasteiger partial charge in [-0.3, -0.25) is 0 Å². The number of rotatable bonds is 3. The molecule has 1 aliphatic rings. The molecule has 82 valence electrons. The Morgan fingerprint density at radius 2 is 1.80 bits per heavy atom. The van der Waals surface area contributed by atoms with E-state index in [9.17, 15) is 5.11 Å². The monoisotopic (exact) mass is 205 g/mol. The highest BCUT2D eigenvalue weighted by atomic mass is 16.3. The summed E-state index contributed by atoms with van der Waals surface area (Å²) in [4.78, 5) is 2.42. The van der Waals surface area contributed by atoms with Crippen molar-refractivity contribution in [2.24, 2.45) is 0 Å². The molecular formula is C13H19NO. The van der Waals surface area contributed by atoms with Crippen LogP contribution >= 0.6 is 0 Å². The fraction of sp³-hybridized carbons (Fsp3) is 0.538. The van der Waals surface area contributed by atoms with E-state index in [0.29, 0.717) is 0 Å². The van der Waals surface area contributed by atoms with Gasteiger partial charge < -0.3 is 10.0 Å². The molecule has 2 nitrogen and oxygen atoms in total. The van der Waals surface area contributed by atoms with Gasteiger partial charge in [0.2, 0.25) is 0 Å². The van der Waals surface area contributed by atoms with Gasteiger partial charge in [0.05, 0.1) is 6.10 Å². The van der Waals surface area contributed by atoms with Crippen LogP contribution in [0.3, 0.4) is 0 Å². The summed E-state index contributed by atoms with van der Waals surface area (Å²) in [5, 5.41) is 9.28. The van der Waals surface area contributed by atoms with Gasteiger partial charge in [-0.25, -0.2) is 0 Å². The van der Waals surface area contributed by atoms with Gasteiger partial charge in [-0.05, 0) is 43.9 Å². The van der Waals surface area contributed by atoms with E-state index in [1.54, 1.807) is 0 Å². The summed E-state index contributed by atoms with van der Waals surface area (Å²) in [7, 11) is 0. The maximum absolute atomic E-state index is 9.28. The Morgan fingerprint density at radius 3 is 2.33 bits per heavy atom. The van der Waals surface area contributed by atoms with Crippen LogP contribution in [0.15, 0.2) is 24.3 Å². The molecule has 1 aromatic rings. The van der Waals surface area contributed by atoms with Crippen LogP contribution in [-0.4, -0.2) is 24.3 Å². The number of hydrogen-bond acceptors (Lipinski definition) is 2. The lowest BCUT2D eigenvalue weighted by atomic mass is 10.1. The van der Waals surface area contributed by atoms with Crippen molar-refractivity contribution in [2.45, 2.75) is 32.3 Å². The van der Waals surface area contributed by atoms with Crippen molar-refractivity contribution in [1.82, 2.24) is 0 Å². The van der Waals surface area contributed by atoms with Gasteiger partial charge >= 0.3 is 0 Å². The predicted molar refractivity (Wildman–Crippen MR) is 63.3 cm³/mol. The van der Waals surface area contributed by atoms with Gasteiger partial charge in [0.15, 0.2) is 0 Å². The van der Waals surface area contributed by atoms with Crippen molar-refractivity contribution < 1.29 is 5.11 Å². The number of nitrogens with zero attached hydrogens (tertiary/aromatic N) is 1. The second-order valence-electron chi connectivity index (χ2n) is 4.41. The third kappa shape index (κ3) is 2.72. The van der Waals surface area contributed by atoms with Crippen molar-refractivity contribution >= 4 is 5.69 Å². The normalized spacial score (nSPS) is 18.1. The van der Waals surface area contributed by atoms with Gasteiger partial charge in [0, 0.05) is 18.8 Å². The molecule has 1 saturated heterocycles. The molecule has 2 heteroatoms. The fourth-order valence-corrected chi connectivity index (χ4v) is 2.16. The van der Waals surface area contributed by atoms with Crippen LogP contribution in [0.4, 0.5) is 5.69 Å². The molecule has 0 spiro atoms. The van der Waals surface area contributed by atoms with Crippen molar-refractivity contribution in [1.29, 1.82) is 0 Å². The smallest absolute Gasteiger partial charge is 0.0552 e. The summed E-state index contributed by atoms with van der Waals surface area (Å²) in [6.45, 7) is 4.21. The number of anilines is 1. The van der Waals surface area contributed by atoms with Crippen molar-refractivity contribution in [3.63, 3.8) is 0 Å². The number of aliphatic hydroxyl groups is 1. The molecular weight excluding hydrogens is 186 g/mol. The Balaban J connectivity index is 2.03. The third-order valence-corrected chi connectivity index (χ3v) is 2.94. The molecule has 0 bridgehead atoms. The summed E-state index contributed by atoms with van der Waals surface area (Å²) < 4.78 is 0. The van der Waals surface area contributed by atoms with Gasteiger partial charge in [-0.2, -0.15) is 0 Å². The molecule has 15 heavy (non-hydrogen) atoms. The molecule has 1 fully saturated rings. The standard InChI is InChI=1S/C13H19NO/c1-11(15)10-12-4-6-13(7-5-12)14-8-2-3-9-14/h4-7,11,15H,2-3,8-10H2,1H3. The lowest BCUT2D eigenvalue weighted by molar-refractivity contribution is 0.195. The van der Waals surface area contributed by atoms with Gasteiger partial charge in [-0.1, -0.05) is 12.1 Å². The topological polar surface area (TPSA) is 23.5 Å². The van der Waals surface area contributed by atoms with Gasteiger partial charge in [0.25, 0.3) is 0 Å². The van der Waals surface area contributed by atoms with E-state index in [0.717, 1.165) is 6.42 Å². The summed E-state index contributed by atoms with van der Waals surface area (Å²) >= 11 is 0. The molecule has 0 amide bonds. The van der Waals surface area contributed by atoms with Crippen LogP contribution in [0.2, 0.25) is 0 Å². The molecule has 1 aliphatic heterocycles. The second kappa shape index (κ2) is 4.67. The largest absolute Gasteiger partial charge is 0.393 e. The van der Waals surface area contributed by atoms with E-state index in [1.807, 2.05) is 6.92 Å². The highest BCUT2D eigenvalue weighted by Gasteiger charge is 2.11. The first-order chi connectivity index (χ1) is 7.25. The fourth-order valence-electron chi connectivity index (χ4n) is 2.16. The Bertz CT molecular complexity index is 299. The Labute approximate surface area is 91.5 Å². The average molecular weight is 205 g/mol. The molecule has 1 aromatic carbocycles. The van der Waals surface area contributed by atoms with Gasteiger partial charge in [-0.15, -0.1) is 0 Å². The first kappa shape index (κ1) is 10.5. The van der Waals surface area contributed by atoms with E-state index in [1.165, 1.54) is 37.2 Å². The van der Waals surface area contributed by atoms with Gasteiger partial charge in [0.1, 0.15) is 0 Å². The molecule has 0 saturated carbocycles. The highest BCUT2D eigenvalue weighted by Crippen LogP contribution is 2.20. The first-order valence-corrected chi connectivity index (χ1v) is 5.77. The van der Waals surface area contributed by atoms with Crippen LogP contribution in [0.1, 0.15) is 25.3 Å². The van der Waals surface area contributed by atoms with E-state index in [4.69, 9.17) is 0 Å². The molecule has 2 rings (SSSR count). The number of benzene rings is 1. The summed E-state index contributed by atoms with van der Waals surface area (Å²) in [5.41, 5.74) is 2.54. The molecule has 1 N–H and O–H groups in total. The Hall–Kier alpha value is -1.02. The van der Waals surface area contributed by atoms with Crippen LogP contribution < -0.4 is 4.90 Å². The zero-order valence-electron chi connectivity index (χ0n) is 9.32. The van der Waals surface area contributed by atoms with E-state index < -0.39 is 0 Å². The molecule has 0 aromatic heterocycles. The first-order valence-electron chi connectivity index (χ1n) is 5.77. The Kier molecular flexibility index (Phi) is 3.27. The summed E-state index contributed by atoms with van der Waals surface area (Å²) in [6, 6.07) is 8.59. The van der Waals surface area contributed by atoms with Crippen LogP contribution in [-0.2, 0) is 6.42 Å². The minimum atomic E-state index is -0.248. The second-order valence-corrected chi connectivity index (χ2v) is 4.41. The minimum Gasteiger partial charge on any atom is -0.393 e. The quantitative estimate of drug-likeness (QED) is 0.817. The number of aliphatic hydroxyl groups excluding tert-OH is 1. The lowest BCUT2D eigenvalue weighted by Crippen LogP contribution is -2.17. The van der Waals surface area contributed by atoms with E-state index in [2.05, 4.69) is 29.2 Å². The zero-order valence-corrected chi connectivity index (χ0v) is 9.32. The number of hydrogen-bond donors (Lipinski definition) is 1. The molecule has 0 aliphatic carbocycles. The molecule has 0 radical (unpaired) electrons. The van der Waals surface area contributed by atoms with Crippen molar-refractivity contribution in [3.05, 3.63) is 29.8 Å². The van der Waals surface area contributed by atoms with Crippen molar-refractivity contribution in [3.8, 4) is 0 Å².